The molecule has 1 N–H and O–H groups in total. The predicted octanol–water partition coefficient (Wildman–Crippen LogP) is 4.33. The van der Waals surface area contributed by atoms with Gasteiger partial charge in [0.25, 0.3) is 0 Å². The van der Waals surface area contributed by atoms with Gasteiger partial charge < -0.3 is 5.32 Å². The lowest BCUT2D eigenvalue weighted by atomic mass is 10.1. The molecular formula is C14H13F2N. The van der Waals surface area contributed by atoms with Crippen LogP contribution in [-0.2, 0) is 0 Å². The molecule has 0 atom stereocenters. The summed E-state index contributed by atoms with van der Waals surface area (Å²) in [5.74, 6) is -1.19. The molecule has 0 spiro atoms. The lowest BCUT2D eigenvalue weighted by molar-refractivity contribution is 0.591. The van der Waals surface area contributed by atoms with Gasteiger partial charge in [0.2, 0.25) is 0 Å². The van der Waals surface area contributed by atoms with Crippen molar-refractivity contribution in [2.24, 2.45) is 0 Å². The number of halogens is 2. The van der Waals surface area contributed by atoms with Gasteiger partial charge in [0.05, 0.1) is 0 Å². The van der Waals surface area contributed by atoms with Crippen LogP contribution in [0.4, 0.5) is 20.2 Å². The number of anilines is 2. The SMILES string of the molecule is Cc1ccc(Nc2c(F)cccc2F)cc1C. The minimum atomic E-state index is -0.594. The van der Waals surface area contributed by atoms with E-state index in [2.05, 4.69) is 5.32 Å². The van der Waals surface area contributed by atoms with E-state index in [1.54, 1.807) is 6.07 Å². The number of nitrogens with one attached hydrogen (secondary N) is 1. The molecule has 0 fully saturated rings. The number of aryl methyl sites for hydroxylation is 2. The van der Waals surface area contributed by atoms with E-state index in [1.807, 2.05) is 26.0 Å². The maximum Gasteiger partial charge on any atom is 0.149 e. The molecule has 88 valence electrons. The molecule has 0 saturated heterocycles. The van der Waals surface area contributed by atoms with Crippen LogP contribution in [0.25, 0.3) is 0 Å². The van der Waals surface area contributed by atoms with E-state index >= 15 is 0 Å². The number of hydrogen-bond donors (Lipinski definition) is 1. The monoisotopic (exact) mass is 233 g/mol. The lowest BCUT2D eigenvalue weighted by Gasteiger charge is -2.10. The molecule has 1 nitrogen and oxygen atoms in total. The molecule has 2 aromatic carbocycles. The van der Waals surface area contributed by atoms with Crippen LogP contribution in [0.2, 0.25) is 0 Å². The number of para-hydroxylation sites is 1. The van der Waals surface area contributed by atoms with E-state index < -0.39 is 11.6 Å². The molecule has 3 heteroatoms. The van der Waals surface area contributed by atoms with Gasteiger partial charge in [-0.15, -0.1) is 0 Å². The molecule has 2 aromatic rings. The summed E-state index contributed by atoms with van der Waals surface area (Å²) in [6.45, 7) is 3.95. The zero-order valence-corrected chi connectivity index (χ0v) is 9.72. The summed E-state index contributed by atoms with van der Waals surface area (Å²) in [6, 6.07) is 9.38. The zero-order chi connectivity index (χ0) is 12.4. The highest BCUT2D eigenvalue weighted by atomic mass is 19.1. The number of benzene rings is 2. The van der Waals surface area contributed by atoms with Crippen molar-refractivity contribution < 1.29 is 8.78 Å². The third-order valence-corrected chi connectivity index (χ3v) is 2.74. The van der Waals surface area contributed by atoms with Crippen molar-refractivity contribution in [2.75, 3.05) is 5.32 Å². The molecule has 0 aromatic heterocycles. The highest BCUT2D eigenvalue weighted by molar-refractivity contribution is 5.62. The van der Waals surface area contributed by atoms with Crippen LogP contribution in [0.1, 0.15) is 11.1 Å². The van der Waals surface area contributed by atoms with Crippen LogP contribution in [0.15, 0.2) is 36.4 Å². The molecule has 0 saturated carbocycles. The molecule has 0 aliphatic rings. The van der Waals surface area contributed by atoms with Gasteiger partial charge in [-0.25, -0.2) is 8.78 Å². The predicted molar refractivity (Wildman–Crippen MR) is 65.6 cm³/mol. The van der Waals surface area contributed by atoms with Crippen LogP contribution in [0, 0.1) is 25.5 Å². The second-order valence-corrected chi connectivity index (χ2v) is 4.02. The first-order valence-electron chi connectivity index (χ1n) is 5.36. The highest BCUT2D eigenvalue weighted by Gasteiger charge is 2.08. The van der Waals surface area contributed by atoms with Crippen molar-refractivity contribution in [3.8, 4) is 0 Å². The van der Waals surface area contributed by atoms with Crippen molar-refractivity contribution in [1.29, 1.82) is 0 Å². The Morgan fingerprint density at radius 3 is 2.12 bits per heavy atom. The summed E-state index contributed by atoms with van der Waals surface area (Å²) >= 11 is 0. The van der Waals surface area contributed by atoms with E-state index in [1.165, 1.54) is 18.2 Å². The fraction of sp³-hybridized carbons (Fsp3) is 0.143. The van der Waals surface area contributed by atoms with Crippen LogP contribution in [-0.4, -0.2) is 0 Å². The van der Waals surface area contributed by atoms with Crippen molar-refractivity contribution in [3.63, 3.8) is 0 Å². The highest BCUT2D eigenvalue weighted by Crippen LogP contribution is 2.24. The molecule has 17 heavy (non-hydrogen) atoms. The van der Waals surface area contributed by atoms with Crippen molar-refractivity contribution in [1.82, 2.24) is 0 Å². The van der Waals surface area contributed by atoms with E-state index in [0.29, 0.717) is 5.69 Å². The summed E-state index contributed by atoms with van der Waals surface area (Å²) in [5.41, 5.74) is 2.78. The van der Waals surface area contributed by atoms with E-state index in [9.17, 15) is 8.78 Å². The normalized spacial score (nSPS) is 10.4. The van der Waals surface area contributed by atoms with Crippen molar-refractivity contribution in [2.45, 2.75) is 13.8 Å². The molecule has 0 radical (unpaired) electrons. The summed E-state index contributed by atoms with van der Waals surface area (Å²) in [4.78, 5) is 0. The third kappa shape index (κ3) is 2.44. The van der Waals surface area contributed by atoms with Gasteiger partial charge >= 0.3 is 0 Å². The topological polar surface area (TPSA) is 12.0 Å². The minimum absolute atomic E-state index is 0.115. The maximum absolute atomic E-state index is 13.4. The molecule has 0 unspecified atom stereocenters. The molecule has 0 bridgehead atoms. The average molecular weight is 233 g/mol. The smallest absolute Gasteiger partial charge is 0.149 e. The van der Waals surface area contributed by atoms with Gasteiger partial charge in [0.1, 0.15) is 17.3 Å². The Balaban J connectivity index is 2.35. The Bertz CT molecular complexity index is 530. The second-order valence-electron chi connectivity index (χ2n) is 4.02. The molecule has 0 heterocycles. The van der Waals surface area contributed by atoms with E-state index in [-0.39, 0.29) is 5.69 Å². The Hall–Kier alpha value is -1.90. The van der Waals surface area contributed by atoms with Crippen LogP contribution in [0.5, 0.6) is 0 Å². The van der Waals surface area contributed by atoms with Crippen LogP contribution >= 0.6 is 0 Å². The van der Waals surface area contributed by atoms with Gasteiger partial charge in [-0.1, -0.05) is 12.1 Å². The van der Waals surface area contributed by atoms with Crippen LogP contribution in [0.3, 0.4) is 0 Å². The number of hydrogen-bond acceptors (Lipinski definition) is 1. The van der Waals surface area contributed by atoms with E-state index in [0.717, 1.165) is 11.1 Å². The van der Waals surface area contributed by atoms with Crippen LogP contribution < -0.4 is 5.32 Å². The van der Waals surface area contributed by atoms with Crippen molar-refractivity contribution in [3.05, 3.63) is 59.2 Å². The Morgan fingerprint density at radius 2 is 1.53 bits per heavy atom. The summed E-state index contributed by atoms with van der Waals surface area (Å²) in [6.07, 6.45) is 0. The zero-order valence-electron chi connectivity index (χ0n) is 9.72. The fourth-order valence-electron chi connectivity index (χ4n) is 1.58. The maximum atomic E-state index is 13.4. The van der Waals surface area contributed by atoms with Gasteiger partial charge in [0.15, 0.2) is 0 Å². The summed E-state index contributed by atoms with van der Waals surface area (Å²) in [5, 5.41) is 2.76. The Morgan fingerprint density at radius 1 is 0.882 bits per heavy atom. The van der Waals surface area contributed by atoms with Crippen molar-refractivity contribution >= 4 is 11.4 Å². The molecule has 2 rings (SSSR count). The van der Waals surface area contributed by atoms with Gasteiger partial charge in [-0.2, -0.15) is 0 Å². The second kappa shape index (κ2) is 4.53. The first kappa shape index (κ1) is 11.6. The lowest BCUT2D eigenvalue weighted by Crippen LogP contribution is -1.97. The van der Waals surface area contributed by atoms with Gasteiger partial charge in [0, 0.05) is 5.69 Å². The molecule has 0 aliphatic heterocycles. The minimum Gasteiger partial charge on any atom is -0.351 e. The third-order valence-electron chi connectivity index (χ3n) is 2.74. The number of rotatable bonds is 2. The standard InChI is InChI=1S/C14H13F2N/c1-9-6-7-11(8-10(9)2)17-14-12(15)4-3-5-13(14)16/h3-8,17H,1-2H3. The first-order chi connectivity index (χ1) is 8.08. The van der Waals surface area contributed by atoms with Gasteiger partial charge in [-0.3, -0.25) is 0 Å². The molecule has 0 amide bonds. The van der Waals surface area contributed by atoms with E-state index in [4.69, 9.17) is 0 Å². The average Bonchev–Trinajstić information content (AvgIpc) is 2.28. The Kier molecular flexibility index (Phi) is 3.09. The molecular weight excluding hydrogens is 220 g/mol. The summed E-state index contributed by atoms with van der Waals surface area (Å²) < 4.78 is 26.8. The Labute approximate surface area is 99.1 Å². The fourth-order valence-corrected chi connectivity index (χ4v) is 1.58. The van der Waals surface area contributed by atoms with Gasteiger partial charge in [-0.05, 0) is 49.2 Å². The first-order valence-corrected chi connectivity index (χ1v) is 5.36. The summed E-state index contributed by atoms with van der Waals surface area (Å²) in [7, 11) is 0. The quantitative estimate of drug-likeness (QED) is 0.814. The molecule has 0 aliphatic carbocycles. The largest absolute Gasteiger partial charge is 0.351 e.